The maximum absolute atomic E-state index is 13.7. The average Bonchev–Trinajstić information content (AvgIpc) is 2.65. The maximum Gasteiger partial charge on any atom is 0.261 e. The topological polar surface area (TPSA) is 52.9 Å². The first-order valence-corrected chi connectivity index (χ1v) is 8.38. The Hall–Kier alpha value is -3.23. The van der Waals surface area contributed by atoms with E-state index >= 15 is 0 Å². The summed E-state index contributed by atoms with van der Waals surface area (Å²) in [7, 11) is 0. The third kappa shape index (κ3) is 3.97. The molecule has 134 valence electrons. The molecule has 0 spiro atoms. The molecule has 27 heavy (non-hydrogen) atoms. The van der Waals surface area contributed by atoms with E-state index in [9.17, 15) is 18.8 Å². The second kappa shape index (κ2) is 7.98. The Morgan fingerprint density at radius 3 is 2.26 bits per heavy atom. The smallest absolute Gasteiger partial charge is 0.261 e. The van der Waals surface area contributed by atoms with E-state index in [1.807, 2.05) is 30.3 Å². The van der Waals surface area contributed by atoms with Crippen molar-refractivity contribution in [3.63, 3.8) is 0 Å². The standard InChI is InChI=1S/C21H13ClF2N2O/c22-17-11-14(26-21(27)20-18(23)7-4-8-19(20)24)9-10-15(17)16(12-25)13-5-2-1-3-6-13/h1-11,16H,(H,26,27)/t16-/m1/s1. The van der Waals surface area contributed by atoms with Gasteiger partial charge in [-0.1, -0.05) is 54.1 Å². The van der Waals surface area contributed by atoms with Crippen LogP contribution in [-0.4, -0.2) is 5.91 Å². The molecule has 0 saturated carbocycles. The van der Waals surface area contributed by atoms with Crippen molar-refractivity contribution in [2.45, 2.75) is 5.92 Å². The van der Waals surface area contributed by atoms with Crippen LogP contribution in [0.3, 0.4) is 0 Å². The second-order valence-electron chi connectivity index (χ2n) is 5.76. The number of benzene rings is 3. The number of nitrogens with one attached hydrogen (secondary N) is 1. The first kappa shape index (κ1) is 18.6. The minimum atomic E-state index is -0.955. The molecule has 0 aliphatic rings. The van der Waals surface area contributed by atoms with E-state index in [2.05, 4.69) is 11.4 Å². The van der Waals surface area contributed by atoms with Crippen molar-refractivity contribution in [3.05, 3.63) is 100 Å². The molecule has 0 aliphatic carbocycles. The second-order valence-corrected chi connectivity index (χ2v) is 6.17. The molecule has 6 heteroatoms. The Morgan fingerprint density at radius 1 is 1.00 bits per heavy atom. The van der Waals surface area contributed by atoms with Gasteiger partial charge in [0.25, 0.3) is 5.91 Å². The number of amides is 1. The summed E-state index contributed by atoms with van der Waals surface area (Å²) in [6.07, 6.45) is 0. The molecule has 3 aromatic carbocycles. The number of carbonyl (C=O) groups is 1. The number of rotatable bonds is 4. The van der Waals surface area contributed by atoms with Crippen LogP contribution in [0.1, 0.15) is 27.4 Å². The fraction of sp³-hybridized carbons (Fsp3) is 0.0476. The van der Waals surface area contributed by atoms with Crippen LogP contribution in [0.15, 0.2) is 66.7 Å². The Labute approximate surface area is 159 Å². The highest BCUT2D eigenvalue weighted by atomic mass is 35.5. The van der Waals surface area contributed by atoms with Gasteiger partial charge in [-0.25, -0.2) is 8.78 Å². The first-order valence-electron chi connectivity index (χ1n) is 8.00. The van der Waals surface area contributed by atoms with E-state index in [0.717, 1.165) is 17.7 Å². The molecule has 0 heterocycles. The molecular weight excluding hydrogens is 370 g/mol. The third-order valence-electron chi connectivity index (χ3n) is 4.02. The number of anilines is 1. The Morgan fingerprint density at radius 2 is 1.67 bits per heavy atom. The first-order chi connectivity index (χ1) is 13.0. The Kier molecular flexibility index (Phi) is 5.49. The lowest BCUT2D eigenvalue weighted by Gasteiger charge is -2.14. The fourth-order valence-corrected chi connectivity index (χ4v) is 3.01. The monoisotopic (exact) mass is 382 g/mol. The lowest BCUT2D eigenvalue weighted by atomic mass is 9.92. The maximum atomic E-state index is 13.7. The number of hydrogen-bond donors (Lipinski definition) is 1. The molecular formula is C21H13ClF2N2O. The largest absolute Gasteiger partial charge is 0.322 e. The molecule has 1 amide bonds. The molecule has 0 radical (unpaired) electrons. The lowest BCUT2D eigenvalue weighted by molar-refractivity contribution is 0.101. The van der Waals surface area contributed by atoms with Crippen LogP contribution < -0.4 is 5.32 Å². The van der Waals surface area contributed by atoms with Crippen LogP contribution in [-0.2, 0) is 0 Å². The zero-order chi connectivity index (χ0) is 19.4. The predicted octanol–water partition coefficient (Wildman–Crippen LogP) is 5.53. The number of halogens is 3. The highest BCUT2D eigenvalue weighted by Gasteiger charge is 2.19. The van der Waals surface area contributed by atoms with Gasteiger partial charge in [-0.3, -0.25) is 4.79 Å². The molecule has 1 atom stereocenters. The van der Waals surface area contributed by atoms with Crippen LogP contribution in [0, 0.1) is 23.0 Å². The van der Waals surface area contributed by atoms with Crippen LogP contribution in [0.2, 0.25) is 5.02 Å². The summed E-state index contributed by atoms with van der Waals surface area (Å²) in [6, 6.07) is 19.1. The molecule has 1 N–H and O–H groups in total. The van der Waals surface area contributed by atoms with Gasteiger partial charge in [0.2, 0.25) is 0 Å². The summed E-state index contributed by atoms with van der Waals surface area (Å²) in [5.41, 5.74) is 0.950. The minimum absolute atomic E-state index is 0.261. The molecule has 3 aromatic rings. The Balaban J connectivity index is 1.87. The van der Waals surface area contributed by atoms with Crippen LogP contribution >= 0.6 is 11.6 Å². The minimum Gasteiger partial charge on any atom is -0.322 e. The van der Waals surface area contributed by atoms with Gasteiger partial charge in [0.1, 0.15) is 17.2 Å². The van der Waals surface area contributed by atoms with E-state index in [1.165, 1.54) is 18.2 Å². The normalized spacial score (nSPS) is 11.5. The van der Waals surface area contributed by atoms with Gasteiger partial charge in [0, 0.05) is 10.7 Å². The van der Waals surface area contributed by atoms with Crippen molar-refractivity contribution >= 4 is 23.2 Å². The van der Waals surface area contributed by atoms with Gasteiger partial charge < -0.3 is 5.32 Å². The summed E-state index contributed by atoms with van der Waals surface area (Å²) in [5.74, 6) is -3.41. The summed E-state index contributed by atoms with van der Waals surface area (Å²) in [6.45, 7) is 0. The van der Waals surface area contributed by atoms with Gasteiger partial charge in [0.05, 0.1) is 12.0 Å². The van der Waals surface area contributed by atoms with Crippen molar-refractivity contribution in [2.24, 2.45) is 0 Å². The predicted molar refractivity (Wildman–Crippen MR) is 99.7 cm³/mol. The van der Waals surface area contributed by atoms with Gasteiger partial charge in [-0.2, -0.15) is 5.26 Å². The summed E-state index contributed by atoms with van der Waals surface area (Å²) >= 11 is 6.29. The Bertz CT molecular complexity index is 1010. The highest BCUT2D eigenvalue weighted by molar-refractivity contribution is 6.32. The number of carbonyl (C=O) groups excluding carboxylic acids is 1. The molecule has 0 aromatic heterocycles. The lowest BCUT2D eigenvalue weighted by Crippen LogP contribution is -2.16. The molecule has 0 unspecified atom stereocenters. The molecule has 0 bridgehead atoms. The van der Waals surface area contributed by atoms with Crippen LogP contribution in [0.4, 0.5) is 14.5 Å². The molecule has 3 nitrogen and oxygen atoms in total. The van der Waals surface area contributed by atoms with Crippen molar-refractivity contribution in [1.29, 1.82) is 5.26 Å². The van der Waals surface area contributed by atoms with E-state index in [1.54, 1.807) is 6.07 Å². The van der Waals surface area contributed by atoms with E-state index in [-0.39, 0.29) is 10.7 Å². The number of hydrogen-bond acceptors (Lipinski definition) is 2. The van der Waals surface area contributed by atoms with Gasteiger partial charge in [0.15, 0.2) is 0 Å². The molecule has 0 saturated heterocycles. The zero-order valence-corrected chi connectivity index (χ0v) is 14.7. The molecule has 0 fully saturated rings. The van der Waals surface area contributed by atoms with Crippen molar-refractivity contribution in [2.75, 3.05) is 5.32 Å². The fourth-order valence-electron chi connectivity index (χ4n) is 2.72. The van der Waals surface area contributed by atoms with Crippen LogP contribution in [0.25, 0.3) is 0 Å². The number of nitrogens with zero attached hydrogens (tertiary/aromatic N) is 1. The van der Waals surface area contributed by atoms with Gasteiger partial charge in [-0.15, -0.1) is 0 Å². The molecule has 3 rings (SSSR count). The molecule has 0 aliphatic heterocycles. The van der Waals surface area contributed by atoms with E-state index in [0.29, 0.717) is 5.56 Å². The van der Waals surface area contributed by atoms with E-state index in [4.69, 9.17) is 11.6 Å². The van der Waals surface area contributed by atoms with Crippen molar-refractivity contribution in [1.82, 2.24) is 0 Å². The van der Waals surface area contributed by atoms with Crippen molar-refractivity contribution < 1.29 is 13.6 Å². The third-order valence-corrected chi connectivity index (χ3v) is 4.35. The van der Waals surface area contributed by atoms with Gasteiger partial charge >= 0.3 is 0 Å². The summed E-state index contributed by atoms with van der Waals surface area (Å²) in [5, 5.41) is 12.2. The van der Waals surface area contributed by atoms with Crippen molar-refractivity contribution in [3.8, 4) is 6.07 Å². The summed E-state index contributed by atoms with van der Waals surface area (Å²) < 4.78 is 27.4. The zero-order valence-electron chi connectivity index (χ0n) is 13.9. The SMILES string of the molecule is N#C[C@H](c1ccccc1)c1ccc(NC(=O)c2c(F)cccc2F)cc1Cl. The number of nitriles is 1. The highest BCUT2D eigenvalue weighted by Crippen LogP contribution is 2.32. The average molecular weight is 383 g/mol. The van der Waals surface area contributed by atoms with Gasteiger partial charge in [-0.05, 0) is 35.4 Å². The van der Waals surface area contributed by atoms with Crippen LogP contribution in [0.5, 0.6) is 0 Å². The van der Waals surface area contributed by atoms with E-state index < -0.39 is 29.0 Å². The summed E-state index contributed by atoms with van der Waals surface area (Å²) in [4.78, 5) is 12.2. The quantitative estimate of drug-likeness (QED) is 0.645.